The van der Waals surface area contributed by atoms with Crippen LogP contribution in [0.25, 0.3) is 5.52 Å². The van der Waals surface area contributed by atoms with Crippen molar-refractivity contribution >= 4 is 11.5 Å². The first kappa shape index (κ1) is 8.81. The Morgan fingerprint density at radius 1 is 1.36 bits per heavy atom. The molecule has 0 unspecified atom stereocenters. The van der Waals surface area contributed by atoms with Crippen molar-refractivity contribution in [3.05, 3.63) is 41.7 Å². The zero-order chi connectivity index (χ0) is 10.1. The number of nitrogens with zero attached hydrogens (tertiary/aromatic N) is 1. The van der Waals surface area contributed by atoms with Crippen molar-refractivity contribution in [1.82, 2.24) is 4.40 Å². The van der Waals surface area contributed by atoms with Gasteiger partial charge in [0.2, 0.25) is 0 Å². The topological polar surface area (TPSA) is 30.7 Å². The quantitative estimate of drug-likeness (QED) is 0.643. The molecule has 0 radical (unpaired) electrons. The van der Waals surface area contributed by atoms with Gasteiger partial charge in [-0.3, -0.25) is 0 Å². The normalized spacial score (nSPS) is 10.4. The molecule has 0 aliphatic heterocycles. The number of carbonyl (C=O) groups excluding carboxylic acids is 1. The third-order valence-corrected chi connectivity index (χ3v) is 2.21. The predicted molar refractivity (Wildman–Crippen MR) is 53.5 cm³/mol. The van der Waals surface area contributed by atoms with Crippen LogP contribution in [-0.4, -0.2) is 17.5 Å². The highest BCUT2D eigenvalue weighted by atomic mass is 16.5. The van der Waals surface area contributed by atoms with Gasteiger partial charge in [0.05, 0.1) is 7.11 Å². The fraction of sp³-hybridized carbons (Fsp3) is 0.182. The van der Waals surface area contributed by atoms with Crippen molar-refractivity contribution in [1.29, 1.82) is 0 Å². The molecule has 0 aliphatic carbocycles. The van der Waals surface area contributed by atoms with Crippen LogP contribution >= 0.6 is 0 Å². The van der Waals surface area contributed by atoms with Crippen LogP contribution in [-0.2, 0) is 4.74 Å². The molecule has 0 amide bonds. The average Bonchev–Trinajstić information content (AvgIpc) is 2.59. The van der Waals surface area contributed by atoms with Crippen molar-refractivity contribution in [2.75, 3.05) is 7.11 Å². The van der Waals surface area contributed by atoms with Gasteiger partial charge in [0, 0.05) is 11.7 Å². The summed E-state index contributed by atoms with van der Waals surface area (Å²) in [6.07, 6.45) is 1.87. The van der Waals surface area contributed by atoms with Gasteiger partial charge >= 0.3 is 5.97 Å². The number of rotatable bonds is 1. The van der Waals surface area contributed by atoms with E-state index in [4.69, 9.17) is 0 Å². The largest absolute Gasteiger partial charge is 0.464 e. The average molecular weight is 189 g/mol. The lowest BCUT2D eigenvalue weighted by atomic mass is 10.3. The molecule has 72 valence electrons. The highest BCUT2D eigenvalue weighted by Crippen LogP contribution is 2.12. The van der Waals surface area contributed by atoms with E-state index in [0.717, 1.165) is 5.52 Å². The molecule has 2 rings (SSSR count). The second-order valence-electron chi connectivity index (χ2n) is 3.21. The first-order valence-electron chi connectivity index (χ1n) is 4.38. The van der Waals surface area contributed by atoms with Crippen LogP contribution in [0, 0.1) is 6.92 Å². The summed E-state index contributed by atoms with van der Waals surface area (Å²) in [6, 6.07) is 7.64. The molecule has 2 heterocycles. The van der Waals surface area contributed by atoms with Crippen molar-refractivity contribution < 1.29 is 9.53 Å². The molecule has 0 fully saturated rings. The smallest absolute Gasteiger partial charge is 0.355 e. The maximum Gasteiger partial charge on any atom is 0.355 e. The Balaban J connectivity index is 2.64. The summed E-state index contributed by atoms with van der Waals surface area (Å²) in [5.41, 5.74) is 2.74. The van der Waals surface area contributed by atoms with Gasteiger partial charge in [-0.1, -0.05) is 0 Å². The van der Waals surface area contributed by atoms with E-state index in [1.165, 1.54) is 12.7 Å². The standard InChI is InChI=1S/C11H11NO2/c1-8-5-6-12-9(7-8)3-4-10(12)11(13)14-2/h3-7H,1-2H3. The second-order valence-corrected chi connectivity index (χ2v) is 3.21. The second kappa shape index (κ2) is 3.18. The fourth-order valence-electron chi connectivity index (χ4n) is 1.49. The van der Waals surface area contributed by atoms with Crippen LogP contribution in [0.1, 0.15) is 16.1 Å². The summed E-state index contributed by atoms with van der Waals surface area (Å²) in [6.45, 7) is 2.02. The lowest BCUT2D eigenvalue weighted by molar-refractivity contribution is 0.0593. The Morgan fingerprint density at radius 3 is 2.86 bits per heavy atom. The van der Waals surface area contributed by atoms with E-state index in [-0.39, 0.29) is 5.97 Å². The zero-order valence-electron chi connectivity index (χ0n) is 8.15. The summed E-state index contributed by atoms with van der Waals surface area (Å²) >= 11 is 0. The Bertz CT molecular complexity index is 485. The van der Waals surface area contributed by atoms with E-state index in [2.05, 4.69) is 4.74 Å². The van der Waals surface area contributed by atoms with Gasteiger partial charge in [-0.05, 0) is 36.8 Å². The van der Waals surface area contributed by atoms with Gasteiger partial charge in [-0.15, -0.1) is 0 Å². The summed E-state index contributed by atoms with van der Waals surface area (Å²) in [5, 5.41) is 0. The van der Waals surface area contributed by atoms with E-state index in [1.54, 1.807) is 6.07 Å². The van der Waals surface area contributed by atoms with Crippen LogP contribution < -0.4 is 0 Å². The van der Waals surface area contributed by atoms with Crippen molar-refractivity contribution in [2.45, 2.75) is 6.92 Å². The molecule has 0 aromatic carbocycles. The first-order chi connectivity index (χ1) is 6.72. The Labute approximate surface area is 81.9 Å². The lowest BCUT2D eigenvalue weighted by Crippen LogP contribution is -2.04. The van der Waals surface area contributed by atoms with Crippen molar-refractivity contribution in [3.8, 4) is 0 Å². The molecule has 0 saturated carbocycles. The molecule has 0 spiro atoms. The molecule has 0 N–H and O–H groups in total. The molecular formula is C11H11NO2. The maximum absolute atomic E-state index is 11.3. The summed E-state index contributed by atoms with van der Waals surface area (Å²) in [7, 11) is 1.38. The Kier molecular flexibility index (Phi) is 2.00. The number of hydrogen-bond acceptors (Lipinski definition) is 2. The Morgan fingerprint density at radius 2 is 2.14 bits per heavy atom. The van der Waals surface area contributed by atoms with Crippen molar-refractivity contribution in [3.63, 3.8) is 0 Å². The minimum atomic E-state index is -0.311. The maximum atomic E-state index is 11.3. The molecule has 0 aliphatic rings. The van der Waals surface area contributed by atoms with E-state index in [1.807, 2.05) is 35.7 Å². The number of fused-ring (bicyclic) bond motifs is 1. The summed E-state index contributed by atoms with van der Waals surface area (Å²) in [4.78, 5) is 11.3. The number of aryl methyl sites for hydroxylation is 1. The van der Waals surface area contributed by atoms with E-state index < -0.39 is 0 Å². The van der Waals surface area contributed by atoms with Gasteiger partial charge in [-0.2, -0.15) is 0 Å². The van der Waals surface area contributed by atoms with Crippen LogP contribution in [0.2, 0.25) is 0 Å². The molecule has 0 bridgehead atoms. The third-order valence-electron chi connectivity index (χ3n) is 2.21. The number of ether oxygens (including phenoxy) is 1. The molecular weight excluding hydrogens is 178 g/mol. The number of hydrogen-bond donors (Lipinski definition) is 0. The van der Waals surface area contributed by atoms with Gasteiger partial charge in [0.15, 0.2) is 0 Å². The molecule has 2 aromatic heterocycles. The number of aromatic nitrogens is 1. The Hall–Kier alpha value is -1.77. The SMILES string of the molecule is COC(=O)c1ccc2cc(C)ccn12. The van der Waals surface area contributed by atoms with Crippen molar-refractivity contribution in [2.24, 2.45) is 0 Å². The van der Waals surface area contributed by atoms with Gasteiger partial charge < -0.3 is 9.14 Å². The number of esters is 1. The molecule has 3 nitrogen and oxygen atoms in total. The van der Waals surface area contributed by atoms with Crippen LogP contribution in [0.3, 0.4) is 0 Å². The van der Waals surface area contributed by atoms with Gasteiger partial charge in [0.1, 0.15) is 5.69 Å². The number of carbonyl (C=O) groups is 1. The van der Waals surface area contributed by atoms with Crippen LogP contribution in [0.5, 0.6) is 0 Å². The van der Waals surface area contributed by atoms with Gasteiger partial charge in [0.25, 0.3) is 0 Å². The van der Waals surface area contributed by atoms with Crippen LogP contribution in [0.15, 0.2) is 30.5 Å². The lowest BCUT2D eigenvalue weighted by Gasteiger charge is -2.01. The highest BCUT2D eigenvalue weighted by molar-refractivity contribution is 5.89. The fourth-order valence-corrected chi connectivity index (χ4v) is 1.49. The highest BCUT2D eigenvalue weighted by Gasteiger charge is 2.09. The molecule has 0 atom stereocenters. The molecule has 14 heavy (non-hydrogen) atoms. The first-order valence-corrected chi connectivity index (χ1v) is 4.38. The van der Waals surface area contributed by atoms with E-state index in [0.29, 0.717) is 5.69 Å². The monoisotopic (exact) mass is 189 g/mol. The minimum absolute atomic E-state index is 0.311. The van der Waals surface area contributed by atoms with Crippen LogP contribution in [0.4, 0.5) is 0 Å². The minimum Gasteiger partial charge on any atom is -0.464 e. The summed E-state index contributed by atoms with van der Waals surface area (Å²) < 4.78 is 6.49. The third kappa shape index (κ3) is 1.27. The molecule has 2 aromatic rings. The van der Waals surface area contributed by atoms with E-state index in [9.17, 15) is 4.79 Å². The predicted octanol–water partition coefficient (Wildman–Crippen LogP) is 2.03. The number of methoxy groups -OCH3 is 1. The van der Waals surface area contributed by atoms with E-state index >= 15 is 0 Å². The number of pyridine rings is 1. The molecule has 3 heteroatoms. The zero-order valence-corrected chi connectivity index (χ0v) is 8.15. The van der Waals surface area contributed by atoms with Gasteiger partial charge in [-0.25, -0.2) is 4.79 Å². The molecule has 0 saturated heterocycles. The summed E-state index contributed by atoms with van der Waals surface area (Å²) in [5.74, 6) is -0.311.